The third-order valence-corrected chi connectivity index (χ3v) is 3.75. The van der Waals surface area contributed by atoms with Crippen LogP contribution in [-0.4, -0.2) is 0 Å². The average Bonchev–Trinajstić information content (AvgIpc) is 2.29. The summed E-state index contributed by atoms with van der Waals surface area (Å²) in [7, 11) is 0. The molecule has 2 nitrogen and oxygen atoms in total. The molecule has 0 spiro atoms. The van der Waals surface area contributed by atoms with Gasteiger partial charge < -0.3 is 11.1 Å². The van der Waals surface area contributed by atoms with Gasteiger partial charge in [0.05, 0.1) is 16.4 Å². The topological polar surface area (TPSA) is 38.0 Å². The summed E-state index contributed by atoms with van der Waals surface area (Å²) >= 11 is 9.61. The van der Waals surface area contributed by atoms with Crippen LogP contribution in [0.1, 0.15) is 5.56 Å². The largest absolute Gasteiger partial charge is 0.397 e. The van der Waals surface area contributed by atoms with Crippen LogP contribution in [0, 0.1) is 6.92 Å². The second kappa shape index (κ2) is 4.98. The van der Waals surface area contributed by atoms with E-state index in [0.29, 0.717) is 10.7 Å². The molecule has 0 bridgehead atoms. The Morgan fingerprint density at radius 2 is 1.88 bits per heavy atom. The molecule has 88 valence electrons. The molecule has 0 aliphatic carbocycles. The van der Waals surface area contributed by atoms with Gasteiger partial charge in [0, 0.05) is 10.2 Å². The van der Waals surface area contributed by atoms with E-state index in [1.54, 1.807) is 0 Å². The SMILES string of the molecule is Cc1c(Br)cccc1Nc1c(N)cccc1Cl. The van der Waals surface area contributed by atoms with Gasteiger partial charge in [-0.25, -0.2) is 0 Å². The quantitative estimate of drug-likeness (QED) is 0.786. The maximum absolute atomic E-state index is 6.12. The minimum Gasteiger partial charge on any atom is -0.397 e. The first kappa shape index (κ1) is 12.3. The van der Waals surface area contributed by atoms with Gasteiger partial charge in [-0.3, -0.25) is 0 Å². The summed E-state index contributed by atoms with van der Waals surface area (Å²) < 4.78 is 1.05. The number of benzene rings is 2. The first-order chi connectivity index (χ1) is 8.09. The zero-order valence-corrected chi connectivity index (χ0v) is 11.6. The fourth-order valence-corrected chi connectivity index (χ4v) is 2.15. The Labute approximate surface area is 114 Å². The van der Waals surface area contributed by atoms with Gasteiger partial charge in [-0.2, -0.15) is 0 Å². The van der Waals surface area contributed by atoms with Crippen LogP contribution < -0.4 is 11.1 Å². The van der Waals surface area contributed by atoms with Crippen molar-refractivity contribution in [2.24, 2.45) is 0 Å². The lowest BCUT2D eigenvalue weighted by molar-refractivity contribution is 1.40. The van der Waals surface area contributed by atoms with E-state index in [9.17, 15) is 0 Å². The Hall–Kier alpha value is -1.19. The van der Waals surface area contributed by atoms with Crippen molar-refractivity contribution in [3.05, 3.63) is 51.5 Å². The van der Waals surface area contributed by atoms with Gasteiger partial charge >= 0.3 is 0 Å². The molecule has 17 heavy (non-hydrogen) atoms. The van der Waals surface area contributed by atoms with Crippen molar-refractivity contribution >= 4 is 44.6 Å². The Morgan fingerprint density at radius 1 is 1.18 bits per heavy atom. The van der Waals surface area contributed by atoms with E-state index in [1.807, 2.05) is 43.3 Å². The summed E-state index contributed by atoms with van der Waals surface area (Å²) in [6.45, 7) is 2.03. The average molecular weight is 312 g/mol. The maximum Gasteiger partial charge on any atom is 0.0807 e. The molecule has 0 aliphatic rings. The summed E-state index contributed by atoms with van der Waals surface area (Å²) in [6.07, 6.45) is 0. The molecular weight excluding hydrogens is 300 g/mol. The second-order valence-corrected chi connectivity index (χ2v) is 5.00. The highest BCUT2D eigenvalue weighted by Gasteiger charge is 2.07. The van der Waals surface area contributed by atoms with Crippen molar-refractivity contribution in [3.8, 4) is 0 Å². The fraction of sp³-hybridized carbons (Fsp3) is 0.0769. The zero-order chi connectivity index (χ0) is 12.4. The smallest absolute Gasteiger partial charge is 0.0807 e. The van der Waals surface area contributed by atoms with Crippen molar-refractivity contribution in [1.29, 1.82) is 0 Å². The van der Waals surface area contributed by atoms with E-state index in [-0.39, 0.29) is 0 Å². The molecule has 0 radical (unpaired) electrons. The van der Waals surface area contributed by atoms with E-state index in [1.165, 1.54) is 0 Å². The number of hydrogen-bond acceptors (Lipinski definition) is 2. The molecule has 2 rings (SSSR count). The van der Waals surface area contributed by atoms with Crippen molar-refractivity contribution < 1.29 is 0 Å². The van der Waals surface area contributed by atoms with Crippen LogP contribution in [0.2, 0.25) is 5.02 Å². The van der Waals surface area contributed by atoms with Crippen molar-refractivity contribution in [1.82, 2.24) is 0 Å². The number of para-hydroxylation sites is 1. The normalized spacial score (nSPS) is 10.3. The molecule has 4 heteroatoms. The van der Waals surface area contributed by atoms with Crippen molar-refractivity contribution in [3.63, 3.8) is 0 Å². The summed E-state index contributed by atoms with van der Waals surface area (Å²) in [4.78, 5) is 0. The van der Waals surface area contributed by atoms with E-state index in [2.05, 4.69) is 21.2 Å². The van der Waals surface area contributed by atoms with Crippen LogP contribution in [0.15, 0.2) is 40.9 Å². The van der Waals surface area contributed by atoms with Crippen LogP contribution in [-0.2, 0) is 0 Å². The first-order valence-corrected chi connectivity index (χ1v) is 6.33. The van der Waals surface area contributed by atoms with Gasteiger partial charge in [0.1, 0.15) is 0 Å². The lowest BCUT2D eigenvalue weighted by atomic mass is 10.2. The minimum absolute atomic E-state index is 0.615. The minimum atomic E-state index is 0.615. The molecule has 3 N–H and O–H groups in total. The maximum atomic E-state index is 6.12. The molecule has 2 aromatic carbocycles. The first-order valence-electron chi connectivity index (χ1n) is 5.15. The molecule has 2 aromatic rings. The highest BCUT2D eigenvalue weighted by Crippen LogP contribution is 2.33. The standard InChI is InChI=1S/C13H12BrClN2/c1-8-9(14)4-2-7-12(8)17-13-10(15)5-3-6-11(13)16/h2-7,17H,16H2,1H3. The number of nitrogen functional groups attached to an aromatic ring is 1. The van der Waals surface area contributed by atoms with Gasteiger partial charge in [-0.15, -0.1) is 0 Å². The molecule has 0 saturated carbocycles. The molecule has 0 unspecified atom stereocenters. The van der Waals surface area contributed by atoms with Crippen molar-refractivity contribution in [2.45, 2.75) is 6.92 Å². The van der Waals surface area contributed by atoms with Crippen LogP contribution >= 0.6 is 27.5 Å². The lowest BCUT2D eigenvalue weighted by Crippen LogP contribution is -1.98. The number of nitrogens with two attached hydrogens (primary N) is 1. The Kier molecular flexibility index (Phi) is 3.60. The molecule has 0 saturated heterocycles. The Morgan fingerprint density at radius 3 is 2.59 bits per heavy atom. The zero-order valence-electron chi connectivity index (χ0n) is 9.30. The highest BCUT2D eigenvalue weighted by atomic mass is 79.9. The van der Waals surface area contributed by atoms with Gasteiger partial charge in [0.2, 0.25) is 0 Å². The summed E-state index contributed by atoms with van der Waals surface area (Å²) in [5.41, 5.74) is 9.38. The van der Waals surface area contributed by atoms with E-state index >= 15 is 0 Å². The summed E-state index contributed by atoms with van der Waals surface area (Å²) in [5.74, 6) is 0. The third kappa shape index (κ3) is 2.56. The molecule has 0 aliphatic heterocycles. The summed E-state index contributed by atoms with van der Waals surface area (Å²) in [5, 5.41) is 3.88. The van der Waals surface area contributed by atoms with Gasteiger partial charge in [-0.05, 0) is 36.8 Å². The van der Waals surface area contributed by atoms with Gasteiger partial charge in [-0.1, -0.05) is 39.7 Å². The summed E-state index contributed by atoms with van der Waals surface area (Å²) in [6, 6.07) is 11.4. The fourth-order valence-electron chi connectivity index (χ4n) is 1.55. The monoisotopic (exact) mass is 310 g/mol. The predicted molar refractivity (Wildman–Crippen MR) is 78.0 cm³/mol. The van der Waals surface area contributed by atoms with Gasteiger partial charge in [0.15, 0.2) is 0 Å². The number of halogens is 2. The van der Waals surface area contributed by atoms with Crippen LogP contribution in [0.25, 0.3) is 0 Å². The number of nitrogens with one attached hydrogen (secondary N) is 1. The molecule has 0 atom stereocenters. The highest BCUT2D eigenvalue weighted by molar-refractivity contribution is 9.10. The van der Waals surface area contributed by atoms with E-state index < -0.39 is 0 Å². The lowest BCUT2D eigenvalue weighted by Gasteiger charge is -2.13. The number of hydrogen-bond donors (Lipinski definition) is 2. The second-order valence-electron chi connectivity index (χ2n) is 3.74. The molecule has 0 amide bonds. The van der Waals surface area contributed by atoms with Gasteiger partial charge in [0.25, 0.3) is 0 Å². The third-order valence-electron chi connectivity index (χ3n) is 2.57. The van der Waals surface area contributed by atoms with E-state index in [4.69, 9.17) is 17.3 Å². The Bertz CT molecular complexity index is 535. The number of anilines is 3. The van der Waals surface area contributed by atoms with Crippen LogP contribution in [0.5, 0.6) is 0 Å². The van der Waals surface area contributed by atoms with Crippen LogP contribution in [0.3, 0.4) is 0 Å². The molecule has 0 aromatic heterocycles. The van der Waals surface area contributed by atoms with Crippen molar-refractivity contribution in [2.75, 3.05) is 11.1 Å². The number of rotatable bonds is 2. The molecular formula is C13H12BrClN2. The Balaban J connectivity index is 2.42. The van der Waals surface area contributed by atoms with Crippen LogP contribution in [0.4, 0.5) is 17.1 Å². The predicted octanol–water partition coefficient (Wildman–Crippen LogP) is 4.74. The molecule has 0 fully saturated rings. The molecule has 0 heterocycles. The van der Waals surface area contributed by atoms with E-state index in [0.717, 1.165) is 21.4 Å².